The van der Waals surface area contributed by atoms with E-state index in [2.05, 4.69) is 4.98 Å². The Kier molecular flexibility index (Phi) is 2.44. The molecule has 1 aromatic heterocycles. The maximum Gasteiger partial charge on any atom is 0.352 e. The Bertz CT molecular complexity index is 645. The van der Waals surface area contributed by atoms with Gasteiger partial charge in [-0.3, -0.25) is 4.79 Å². The van der Waals surface area contributed by atoms with Gasteiger partial charge in [0.25, 0.3) is 5.56 Å². The summed E-state index contributed by atoms with van der Waals surface area (Å²) in [6, 6.07) is 4.72. The molecule has 1 heterocycles. The number of aryl methyl sites for hydroxylation is 1. The number of aromatic carboxylic acids is 1. The van der Waals surface area contributed by atoms with E-state index in [9.17, 15) is 9.59 Å². The lowest BCUT2D eigenvalue weighted by molar-refractivity contribution is 0.0690. The summed E-state index contributed by atoms with van der Waals surface area (Å²) in [6.07, 6.45) is 0. The number of hydrogen-bond donors (Lipinski definition) is 2. The number of halogens is 1. The highest BCUT2D eigenvalue weighted by atomic mass is 35.5. The number of benzene rings is 1. The molecule has 4 nitrogen and oxygen atoms in total. The Morgan fingerprint density at radius 3 is 2.62 bits per heavy atom. The van der Waals surface area contributed by atoms with Crippen LogP contribution < -0.4 is 5.56 Å². The van der Waals surface area contributed by atoms with Crippen LogP contribution in [0.15, 0.2) is 23.0 Å². The summed E-state index contributed by atoms with van der Waals surface area (Å²) in [5.41, 5.74) is 0.245. The molecule has 1 aromatic carbocycles. The zero-order valence-corrected chi connectivity index (χ0v) is 9.13. The van der Waals surface area contributed by atoms with Gasteiger partial charge >= 0.3 is 5.97 Å². The molecular formula is C11H8ClNO3. The normalized spacial score (nSPS) is 10.6. The Morgan fingerprint density at radius 2 is 2.00 bits per heavy atom. The maximum atomic E-state index is 11.6. The van der Waals surface area contributed by atoms with E-state index in [1.165, 1.54) is 6.07 Å². The molecule has 82 valence electrons. The van der Waals surface area contributed by atoms with Gasteiger partial charge in [-0.05, 0) is 30.7 Å². The van der Waals surface area contributed by atoms with Gasteiger partial charge in [-0.25, -0.2) is 4.79 Å². The van der Waals surface area contributed by atoms with E-state index < -0.39 is 11.5 Å². The second-order valence-corrected chi connectivity index (χ2v) is 3.93. The van der Waals surface area contributed by atoms with Crippen LogP contribution in [0.25, 0.3) is 10.8 Å². The maximum absolute atomic E-state index is 11.6. The van der Waals surface area contributed by atoms with E-state index in [4.69, 9.17) is 16.7 Å². The SMILES string of the molecule is Cc1cc(Cl)c2cc(C(=O)O)[nH]c(=O)c2c1. The van der Waals surface area contributed by atoms with Crippen LogP contribution in [0.2, 0.25) is 5.02 Å². The molecule has 0 saturated heterocycles. The van der Waals surface area contributed by atoms with Crippen molar-refractivity contribution >= 4 is 28.3 Å². The van der Waals surface area contributed by atoms with Crippen molar-refractivity contribution in [1.29, 1.82) is 0 Å². The van der Waals surface area contributed by atoms with E-state index in [1.54, 1.807) is 12.1 Å². The van der Waals surface area contributed by atoms with Crippen molar-refractivity contribution < 1.29 is 9.90 Å². The third kappa shape index (κ3) is 1.67. The lowest BCUT2D eigenvalue weighted by Gasteiger charge is -2.03. The fourth-order valence-corrected chi connectivity index (χ4v) is 1.90. The fourth-order valence-electron chi connectivity index (χ4n) is 1.57. The molecule has 0 saturated carbocycles. The quantitative estimate of drug-likeness (QED) is 0.799. The van der Waals surface area contributed by atoms with Gasteiger partial charge in [0, 0.05) is 15.8 Å². The molecule has 0 aliphatic heterocycles. The topological polar surface area (TPSA) is 70.2 Å². The molecule has 2 aromatic rings. The third-order valence-electron chi connectivity index (χ3n) is 2.29. The lowest BCUT2D eigenvalue weighted by Crippen LogP contribution is -2.13. The standard InChI is InChI=1S/C11H8ClNO3/c1-5-2-7-6(8(12)3-5)4-9(11(15)16)13-10(7)14/h2-4H,1H3,(H,13,14)(H,15,16). The predicted molar refractivity (Wildman–Crippen MR) is 61.3 cm³/mol. The van der Waals surface area contributed by atoms with Crippen LogP contribution in [0.4, 0.5) is 0 Å². The molecule has 0 fully saturated rings. The van der Waals surface area contributed by atoms with Crippen LogP contribution in [-0.2, 0) is 0 Å². The monoisotopic (exact) mass is 237 g/mol. The highest BCUT2D eigenvalue weighted by molar-refractivity contribution is 6.35. The van der Waals surface area contributed by atoms with E-state index in [1.807, 2.05) is 6.92 Å². The molecule has 0 aliphatic rings. The fraction of sp³-hybridized carbons (Fsp3) is 0.0909. The summed E-state index contributed by atoms with van der Waals surface area (Å²) in [7, 11) is 0. The van der Waals surface area contributed by atoms with Gasteiger partial charge in [-0.2, -0.15) is 0 Å². The number of rotatable bonds is 1. The number of nitrogens with one attached hydrogen (secondary N) is 1. The summed E-state index contributed by atoms with van der Waals surface area (Å²) in [5, 5.41) is 10.0. The third-order valence-corrected chi connectivity index (χ3v) is 2.60. The molecule has 0 unspecified atom stereocenters. The van der Waals surface area contributed by atoms with Crippen LogP contribution in [0.1, 0.15) is 16.1 Å². The van der Waals surface area contributed by atoms with E-state index in [-0.39, 0.29) is 5.69 Å². The number of carbonyl (C=O) groups is 1. The molecule has 0 atom stereocenters. The first-order chi connectivity index (χ1) is 7.49. The number of hydrogen-bond acceptors (Lipinski definition) is 2. The van der Waals surface area contributed by atoms with Crippen LogP contribution in [0.3, 0.4) is 0 Å². The van der Waals surface area contributed by atoms with E-state index >= 15 is 0 Å². The molecular weight excluding hydrogens is 230 g/mol. The highest BCUT2D eigenvalue weighted by Crippen LogP contribution is 2.23. The lowest BCUT2D eigenvalue weighted by atomic mass is 10.1. The van der Waals surface area contributed by atoms with Crippen molar-refractivity contribution in [3.05, 3.63) is 44.8 Å². The number of fused-ring (bicyclic) bond motifs is 1. The van der Waals surface area contributed by atoms with Crippen molar-refractivity contribution in [3.63, 3.8) is 0 Å². The smallest absolute Gasteiger partial charge is 0.352 e. The molecule has 2 N–H and O–H groups in total. The van der Waals surface area contributed by atoms with Gasteiger partial charge in [0.2, 0.25) is 0 Å². The van der Waals surface area contributed by atoms with Crippen molar-refractivity contribution in [3.8, 4) is 0 Å². The Labute approximate surface area is 95.5 Å². The van der Waals surface area contributed by atoms with Crippen molar-refractivity contribution in [2.24, 2.45) is 0 Å². The predicted octanol–water partition coefficient (Wildman–Crippen LogP) is 2.19. The van der Waals surface area contributed by atoms with Gasteiger partial charge in [0.15, 0.2) is 0 Å². The minimum absolute atomic E-state index is 0.164. The van der Waals surface area contributed by atoms with Gasteiger partial charge in [0.05, 0.1) is 0 Å². The van der Waals surface area contributed by atoms with Crippen LogP contribution >= 0.6 is 11.6 Å². The van der Waals surface area contributed by atoms with Crippen LogP contribution in [0.5, 0.6) is 0 Å². The average molecular weight is 238 g/mol. The number of aromatic amines is 1. The summed E-state index contributed by atoms with van der Waals surface area (Å²) < 4.78 is 0. The molecule has 0 radical (unpaired) electrons. The first kappa shape index (κ1) is 10.7. The molecule has 5 heteroatoms. The highest BCUT2D eigenvalue weighted by Gasteiger charge is 2.10. The number of aromatic nitrogens is 1. The number of pyridine rings is 1. The largest absolute Gasteiger partial charge is 0.477 e. The minimum atomic E-state index is -1.18. The van der Waals surface area contributed by atoms with Crippen molar-refractivity contribution in [1.82, 2.24) is 4.98 Å². The molecule has 0 aliphatic carbocycles. The van der Waals surface area contributed by atoms with Crippen molar-refractivity contribution in [2.45, 2.75) is 6.92 Å². The number of H-pyrrole nitrogens is 1. The zero-order valence-electron chi connectivity index (χ0n) is 8.37. The van der Waals surface area contributed by atoms with E-state index in [0.717, 1.165) is 5.56 Å². The van der Waals surface area contributed by atoms with E-state index in [0.29, 0.717) is 15.8 Å². The molecule has 0 spiro atoms. The Morgan fingerprint density at radius 1 is 1.31 bits per heavy atom. The summed E-state index contributed by atoms with van der Waals surface area (Å²) >= 11 is 5.97. The Balaban J connectivity index is 2.93. The zero-order chi connectivity index (χ0) is 11.9. The minimum Gasteiger partial charge on any atom is -0.477 e. The van der Waals surface area contributed by atoms with Gasteiger partial charge in [-0.15, -0.1) is 0 Å². The van der Waals surface area contributed by atoms with Gasteiger partial charge < -0.3 is 10.1 Å². The summed E-state index contributed by atoms with van der Waals surface area (Å²) in [4.78, 5) is 24.7. The van der Waals surface area contributed by atoms with Crippen LogP contribution in [0, 0.1) is 6.92 Å². The summed E-state index contributed by atoms with van der Waals surface area (Å²) in [5.74, 6) is -1.18. The Hall–Kier alpha value is -1.81. The first-order valence-electron chi connectivity index (χ1n) is 4.55. The van der Waals surface area contributed by atoms with Gasteiger partial charge in [0.1, 0.15) is 5.69 Å². The summed E-state index contributed by atoms with van der Waals surface area (Å²) in [6.45, 7) is 1.82. The van der Waals surface area contributed by atoms with Crippen LogP contribution in [-0.4, -0.2) is 16.1 Å². The number of carboxylic acids is 1. The molecule has 0 amide bonds. The van der Waals surface area contributed by atoms with Gasteiger partial charge in [-0.1, -0.05) is 11.6 Å². The molecule has 0 bridgehead atoms. The average Bonchev–Trinajstić information content (AvgIpc) is 2.19. The molecule has 16 heavy (non-hydrogen) atoms. The second kappa shape index (κ2) is 3.64. The first-order valence-corrected chi connectivity index (χ1v) is 4.93. The molecule has 2 rings (SSSR count). The second-order valence-electron chi connectivity index (χ2n) is 3.53. The van der Waals surface area contributed by atoms with Crippen molar-refractivity contribution in [2.75, 3.05) is 0 Å². The number of carboxylic acid groups (broad SMARTS) is 1.